The van der Waals surface area contributed by atoms with Crippen LogP contribution in [-0.4, -0.2) is 12.1 Å². The number of amides is 2. The highest BCUT2D eigenvalue weighted by atomic mass is 16.2. The van der Waals surface area contributed by atoms with Crippen molar-refractivity contribution in [2.75, 3.05) is 0 Å². The third-order valence-corrected chi connectivity index (χ3v) is 5.70. The minimum Gasteiger partial charge on any atom is -0.335 e. The topological polar surface area (TPSA) is 41.1 Å². The average molecular weight is 276 g/mol. The summed E-state index contributed by atoms with van der Waals surface area (Å²) in [6.45, 7) is 2.18. The van der Waals surface area contributed by atoms with Crippen molar-refractivity contribution in [1.82, 2.24) is 10.6 Å². The van der Waals surface area contributed by atoms with Gasteiger partial charge in [-0.25, -0.2) is 4.79 Å². The van der Waals surface area contributed by atoms with Crippen LogP contribution in [0.25, 0.3) is 0 Å². The second-order valence-corrected chi connectivity index (χ2v) is 7.11. The number of rotatable bonds is 3. The van der Waals surface area contributed by atoms with Crippen LogP contribution in [0.1, 0.15) is 64.7 Å². The summed E-state index contributed by atoms with van der Waals surface area (Å²) >= 11 is 0. The molecule has 2 N–H and O–H groups in total. The minimum absolute atomic E-state index is 0.0154. The zero-order valence-electron chi connectivity index (χ0n) is 12.7. The molecule has 0 heterocycles. The van der Waals surface area contributed by atoms with Gasteiger partial charge in [0.05, 0.1) is 0 Å². The van der Waals surface area contributed by atoms with E-state index in [2.05, 4.69) is 17.6 Å². The van der Waals surface area contributed by atoms with E-state index in [9.17, 15) is 4.79 Å². The number of fused-ring (bicyclic) bond motifs is 2. The molecule has 4 atom stereocenters. The molecule has 0 radical (unpaired) electrons. The number of carbonyl (C=O) groups is 1. The van der Waals surface area contributed by atoms with Crippen LogP contribution < -0.4 is 10.6 Å². The Bertz CT molecular complexity index is 382. The molecule has 0 spiro atoms. The van der Waals surface area contributed by atoms with Gasteiger partial charge in [0.25, 0.3) is 0 Å². The van der Waals surface area contributed by atoms with Crippen LogP contribution in [0, 0.1) is 17.8 Å². The van der Waals surface area contributed by atoms with Crippen molar-refractivity contribution in [2.24, 2.45) is 17.8 Å². The molecule has 0 aliphatic heterocycles. The lowest BCUT2D eigenvalue weighted by atomic mass is 9.84. The fourth-order valence-corrected chi connectivity index (χ4v) is 4.58. The summed E-state index contributed by atoms with van der Waals surface area (Å²) in [4.78, 5) is 12.0. The molecule has 4 unspecified atom stereocenters. The molecule has 0 aromatic carbocycles. The zero-order valence-corrected chi connectivity index (χ0v) is 12.7. The molecular weight excluding hydrogens is 248 g/mol. The van der Waals surface area contributed by atoms with Crippen LogP contribution in [-0.2, 0) is 0 Å². The fourth-order valence-electron chi connectivity index (χ4n) is 4.58. The maximum Gasteiger partial charge on any atom is 0.318 e. The predicted octanol–water partition coefficient (Wildman–Crippen LogP) is 3.96. The van der Waals surface area contributed by atoms with Crippen LogP contribution in [0.4, 0.5) is 4.79 Å². The summed E-state index contributed by atoms with van der Waals surface area (Å²) in [6.07, 6.45) is 13.7. The quantitative estimate of drug-likeness (QED) is 0.805. The van der Waals surface area contributed by atoms with Crippen molar-refractivity contribution in [3.63, 3.8) is 0 Å². The number of allylic oxidation sites excluding steroid dienone is 1. The van der Waals surface area contributed by atoms with Gasteiger partial charge in [0.15, 0.2) is 0 Å². The number of carbonyl (C=O) groups excluding carboxylic acids is 1. The fraction of sp³-hybridized carbons (Fsp3) is 0.824. The number of hydrogen-bond donors (Lipinski definition) is 2. The van der Waals surface area contributed by atoms with Gasteiger partial charge in [-0.3, -0.25) is 0 Å². The first kappa shape index (κ1) is 14.0. The molecular formula is C17H28N2O. The third-order valence-electron chi connectivity index (χ3n) is 5.70. The molecule has 3 nitrogen and oxygen atoms in total. The molecule has 112 valence electrons. The Morgan fingerprint density at radius 3 is 2.65 bits per heavy atom. The number of hydrogen-bond acceptors (Lipinski definition) is 1. The Hall–Kier alpha value is -0.990. The van der Waals surface area contributed by atoms with Crippen molar-refractivity contribution in [3.8, 4) is 0 Å². The van der Waals surface area contributed by atoms with E-state index in [0.29, 0.717) is 12.0 Å². The highest BCUT2D eigenvalue weighted by Crippen LogP contribution is 2.49. The van der Waals surface area contributed by atoms with E-state index >= 15 is 0 Å². The van der Waals surface area contributed by atoms with Crippen LogP contribution in [0.5, 0.6) is 0 Å². The monoisotopic (exact) mass is 276 g/mol. The molecule has 0 aromatic rings. The Labute approximate surface area is 122 Å². The SMILES string of the molecule is CC(NC(=O)NC=C1CCCCC1)C1CC2CCC1C2. The van der Waals surface area contributed by atoms with E-state index in [1.807, 2.05) is 6.20 Å². The van der Waals surface area contributed by atoms with E-state index < -0.39 is 0 Å². The summed E-state index contributed by atoms with van der Waals surface area (Å²) < 4.78 is 0. The normalized spacial score (nSPS) is 33.9. The number of urea groups is 1. The lowest BCUT2D eigenvalue weighted by Gasteiger charge is -2.28. The molecule has 2 bridgehead atoms. The molecule has 2 amide bonds. The van der Waals surface area contributed by atoms with Gasteiger partial charge in [-0.2, -0.15) is 0 Å². The van der Waals surface area contributed by atoms with Crippen LogP contribution in [0.2, 0.25) is 0 Å². The first-order valence-electron chi connectivity index (χ1n) is 8.47. The summed E-state index contributed by atoms with van der Waals surface area (Å²) in [5.41, 5.74) is 1.40. The average Bonchev–Trinajstić information content (AvgIpc) is 3.09. The highest BCUT2D eigenvalue weighted by Gasteiger charge is 2.42. The van der Waals surface area contributed by atoms with E-state index in [4.69, 9.17) is 0 Å². The van der Waals surface area contributed by atoms with Gasteiger partial charge in [0.2, 0.25) is 0 Å². The largest absolute Gasteiger partial charge is 0.335 e. The first-order chi connectivity index (χ1) is 9.72. The molecule has 3 saturated carbocycles. The van der Waals surface area contributed by atoms with Crippen molar-refractivity contribution >= 4 is 6.03 Å². The summed E-state index contributed by atoms with van der Waals surface area (Å²) in [5.74, 6) is 2.52. The van der Waals surface area contributed by atoms with Crippen molar-refractivity contribution in [2.45, 2.75) is 70.8 Å². The van der Waals surface area contributed by atoms with E-state index in [0.717, 1.165) is 24.7 Å². The molecule has 3 fully saturated rings. The van der Waals surface area contributed by atoms with Gasteiger partial charge in [0, 0.05) is 12.2 Å². The highest BCUT2D eigenvalue weighted by molar-refractivity contribution is 5.75. The Morgan fingerprint density at radius 2 is 2.00 bits per heavy atom. The van der Waals surface area contributed by atoms with E-state index in [1.165, 1.54) is 50.5 Å². The molecule has 3 aliphatic carbocycles. The van der Waals surface area contributed by atoms with Gasteiger partial charge < -0.3 is 10.6 Å². The Kier molecular flexibility index (Phi) is 4.32. The van der Waals surface area contributed by atoms with Crippen LogP contribution >= 0.6 is 0 Å². The van der Waals surface area contributed by atoms with Gasteiger partial charge in [-0.1, -0.05) is 18.4 Å². The van der Waals surface area contributed by atoms with Gasteiger partial charge in [0.1, 0.15) is 0 Å². The van der Waals surface area contributed by atoms with Crippen LogP contribution in [0.3, 0.4) is 0 Å². The molecule has 3 aliphatic rings. The maximum atomic E-state index is 12.0. The lowest BCUT2D eigenvalue weighted by Crippen LogP contribution is -2.43. The predicted molar refractivity (Wildman–Crippen MR) is 81.2 cm³/mol. The summed E-state index contributed by atoms with van der Waals surface area (Å²) in [5, 5.41) is 6.09. The third kappa shape index (κ3) is 3.18. The summed E-state index contributed by atoms with van der Waals surface area (Å²) in [6, 6.07) is 0.299. The lowest BCUT2D eigenvalue weighted by molar-refractivity contribution is 0.223. The summed E-state index contributed by atoms with van der Waals surface area (Å²) in [7, 11) is 0. The van der Waals surface area contributed by atoms with Crippen LogP contribution in [0.15, 0.2) is 11.8 Å². The Balaban J connectivity index is 1.44. The Morgan fingerprint density at radius 1 is 1.20 bits per heavy atom. The zero-order chi connectivity index (χ0) is 13.9. The smallest absolute Gasteiger partial charge is 0.318 e. The second-order valence-electron chi connectivity index (χ2n) is 7.11. The molecule has 20 heavy (non-hydrogen) atoms. The van der Waals surface area contributed by atoms with E-state index in [-0.39, 0.29) is 6.03 Å². The van der Waals surface area contributed by atoms with Crippen molar-refractivity contribution in [3.05, 3.63) is 11.8 Å². The molecule has 3 heteroatoms. The van der Waals surface area contributed by atoms with Gasteiger partial charge in [-0.15, -0.1) is 0 Å². The van der Waals surface area contributed by atoms with Crippen molar-refractivity contribution in [1.29, 1.82) is 0 Å². The van der Waals surface area contributed by atoms with Gasteiger partial charge >= 0.3 is 6.03 Å². The van der Waals surface area contributed by atoms with Crippen molar-refractivity contribution < 1.29 is 4.79 Å². The number of nitrogens with one attached hydrogen (secondary N) is 2. The molecule has 3 rings (SSSR count). The standard InChI is InChI=1S/C17H28N2O/c1-12(16-10-14-7-8-15(16)9-14)19-17(20)18-11-13-5-3-2-4-6-13/h11-12,14-16H,2-10H2,1H3,(H2,18,19,20). The molecule has 0 aromatic heterocycles. The molecule has 0 saturated heterocycles. The first-order valence-corrected chi connectivity index (χ1v) is 8.47. The minimum atomic E-state index is -0.0154. The van der Waals surface area contributed by atoms with Gasteiger partial charge in [-0.05, 0) is 69.6 Å². The maximum absolute atomic E-state index is 12.0. The second kappa shape index (κ2) is 6.19. The van der Waals surface area contributed by atoms with E-state index in [1.54, 1.807) is 0 Å².